The number of benzene rings is 5. The van der Waals surface area contributed by atoms with Gasteiger partial charge in [0.05, 0.1) is 0 Å². The molecule has 0 N–H and O–H groups in total. The van der Waals surface area contributed by atoms with Crippen molar-refractivity contribution in [3.05, 3.63) is 265 Å². The molecule has 5 heterocycles. The van der Waals surface area contributed by atoms with Crippen molar-refractivity contribution in [1.29, 1.82) is 0 Å². The summed E-state index contributed by atoms with van der Waals surface area (Å²) in [6, 6.07) is 46.9. The zero-order valence-corrected chi connectivity index (χ0v) is 80.9. The summed E-state index contributed by atoms with van der Waals surface area (Å²) < 4.78 is 56.7. The van der Waals surface area contributed by atoms with Crippen LogP contribution in [0.3, 0.4) is 0 Å². The molecule has 5 heteroatoms. The number of hydrogen-bond acceptors (Lipinski definition) is 0. The van der Waals surface area contributed by atoms with Crippen molar-refractivity contribution in [1.82, 2.24) is 0 Å². The average Bonchev–Trinajstić information content (AvgIpc) is 0.751. The third-order valence-corrected chi connectivity index (χ3v) is 25.4. The van der Waals surface area contributed by atoms with Crippen LogP contribution in [-0.2, 0) is 84.0 Å². The monoisotopic (exact) mass is 1570 g/mol. The average molecular weight is 1570 g/mol. The molecule has 10 aromatic rings. The summed E-state index contributed by atoms with van der Waals surface area (Å²) in [5.41, 5.74) is 35.4. The minimum Gasteiger partial charge on any atom is -0.201 e. The maximum atomic E-state index is 7.63. The first-order valence-electron chi connectivity index (χ1n) is 46.1. The Labute approximate surface area is 719 Å². The van der Waals surface area contributed by atoms with Crippen molar-refractivity contribution < 1.29 is 31.1 Å². The molecule has 5 nitrogen and oxygen atoms in total. The van der Waals surface area contributed by atoms with E-state index in [1.807, 2.05) is 26.0 Å². The van der Waals surface area contributed by atoms with Crippen LogP contribution >= 0.6 is 0 Å². The predicted molar refractivity (Wildman–Crippen MR) is 504 cm³/mol. The van der Waals surface area contributed by atoms with E-state index in [1.54, 1.807) is 24.3 Å². The molecule has 5 aromatic carbocycles. The maximum Gasteiger partial charge on any atom is 0.212 e. The van der Waals surface area contributed by atoms with Crippen molar-refractivity contribution in [2.75, 3.05) is 0 Å². The molecule has 0 spiro atoms. The molecular formula is C111H162N5+5. The first-order valence-corrected chi connectivity index (χ1v) is 43.1. The van der Waals surface area contributed by atoms with Crippen molar-refractivity contribution in [3.8, 4) is 56.3 Å². The molecule has 10 rings (SSSR count). The summed E-state index contributed by atoms with van der Waals surface area (Å²) >= 11 is 0. The van der Waals surface area contributed by atoms with E-state index in [9.17, 15) is 0 Å². The Hall–Kier alpha value is -8.15. The summed E-state index contributed by atoms with van der Waals surface area (Å²) in [5.74, 6) is 1.14. The van der Waals surface area contributed by atoms with Gasteiger partial charge in [0.25, 0.3) is 0 Å². The third kappa shape index (κ3) is 23.2. The van der Waals surface area contributed by atoms with Crippen LogP contribution in [0.5, 0.6) is 0 Å². The van der Waals surface area contributed by atoms with Crippen LogP contribution < -0.4 is 22.8 Å². The molecule has 0 amide bonds. The Bertz CT molecular complexity index is 5320. The van der Waals surface area contributed by atoms with Crippen LogP contribution in [0.15, 0.2) is 164 Å². The smallest absolute Gasteiger partial charge is 0.201 e. The summed E-state index contributed by atoms with van der Waals surface area (Å²) in [4.78, 5) is 0. The number of nitrogens with zero attached hydrogens (tertiary/aromatic N) is 5. The Balaban J connectivity index is 0.000000236. The lowest BCUT2D eigenvalue weighted by Crippen LogP contribution is -2.40. The topological polar surface area (TPSA) is 19.4 Å². The van der Waals surface area contributed by atoms with Crippen molar-refractivity contribution >= 4 is 0 Å². The van der Waals surface area contributed by atoms with Crippen molar-refractivity contribution in [2.45, 2.75) is 325 Å². The molecular weight excluding hydrogens is 1400 g/mol. The molecule has 626 valence electrons. The highest BCUT2D eigenvalue weighted by molar-refractivity contribution is 5.67. The second-order valence-corrected chi connectivity index (χ2v) is 42.3. The van der Waals surface area contributed by atoms with E-state index in [-0.39, 0.29) is 48.7 Å². The normalized spacial score (nSPS) is 13.5. The first-order chi connectivity index (χ1) is 55.5. The summed E-state index contributed by atoms with van der Waals surface area (Å²) in [7, 11) is 10.6. The highest BCUT2D eigenvalue weighted by atomic mass is 14.9. The van der Waals surface area contributed by atoms with E-state index in [0.29, 0.717) is 23.0 Å². The number of aromatic nitrogens is 5. The van der Waals surface area contributed by atoms with Gasteiger partial charge in [-0.25, -0.2) is 22.8 Å². The highest BCUT2D eigenvalue weighted by Crippen LogP contribution is 2.44. The molecule has 0 unspecified atom stereocenters. The van der Waals surface area contributed by atoms with Gasteiger partial charge in [0.1, 0.15) is 35.2 Å². The molecule has 0 atom stereocenters. The fourth-order valence-corrected chi connectivity index (χ4v) is 15.9. The summed E-state index contributed by atoms with van der Waals surface area (Å²) in [6.45, 7) is 77.6. The Morgan fingerprint density at radius 3 is 0.802 bits per heavy atom. The first kappa shape index (κ1) is 87.2. The second-order valence-electron chi connectivity index (χ2n) is 42.3. The number of hydrogen-bond donors (Lipinski definition) is 0. The van der Waals surface area contributed by atoms with E-state index >= 15 is 0 Å². The molecule has 0 saturated heterocycles. The molecule has 0 aliphatic rings. The Morgan fingerprint density at radius 1 is 0.267 bits per heavy atom. The molecule has 116 heavy (non-hydrogen) atoms. The van der Waals surface area contributed by atoms with Crippen LogP contribution in [0.2, 0.25) is 0 Å². The SMILES string of the molecule is Cc1ccc(-c2cc(C(C)(C)C(C)C)c(C(C)(C)C(C)C)c[n+]2C)c(C)c1.Cc1ccc(-c2cc(C(C)(C)C)c(C(C)(C)C)c[n+]2C)c(C)c1.Cc1ccccc1-c1cc(C(C)(C)C)c(C(C)(C)C)c[n+]1C.[2H]C([2H])([2H])c1ccc(-c2cc(C(C)(C)C)c(C(C)(C)C)c[n+]2C)c(C)c1.[2H]C([2H])([2H])c1ccc(-c2ccc(C(C)(CC)CC)c[n+]2C)c(C)c1. The molecule has 0 fully saturated rings. The largest absolute Gasteiger partial charge is 0.212 e. The van der Waals surface area contributed by atoms with E-state index in [2.05, 4.69) is 422 Å². The van der Waals surface area contributed by atoms with E-state index in [4.69, 9.17) is 8.22 Å². The van der Waals surface area contributed by atoms with Crippen molar-refractivity contribution in [3.63, 3.8) is 0 Å². The van der Waals surface area contributed by atoms with Gasteiger partial charge in [0.2, 0.25) is 28.5 Å². The summed E-state index contributed by atoms with van der Waals surface area (Å²) in [6.07, 6.45) is 13.7. The van der Waals surface area contributed by atoms with Gasteiger partial charge in [-0.15, -0.1) is 0 Å². The van der Waals surface area contributed by atoms with Crippen LogP contribution in [0.1, 0.15) is 322 Å². The lowest BCUT2D eigenvalue weighted by atomic mass is 9.66. The molecule has 0 aliphatic carbocycles. The van der Waals surface area contributed by atoms with Gasteiger partial charge >= 0.3 is 0 Å². The number of rotatable bonds is 12. The number of aryl methyl sites for hydroxylation is 14. The molecule has 5 aromatic heterocycles. The van der Waals surface area contributed by atoms with E-state index in [0.717, 1.165) is 46.5 Å². The highest BCUT2D eigenvalue weighted by Gasteiger charge is 2.39. The van der Waals surface area contributed by atoms with Crippen LogP contribution in [0.25, 0.3) is 56.3 Å². The van der Waals surface area contributed by atoms with Gasteiger partial charge in [-0.05, 0) is 222 Å². The third-order valence-electron chi connectivity index (χ3n) is 25.4. The van der Waals surface area contributed by atoms with Crippen LogP contribution in [-0.4, -0.2) is 0 Å². The fourth-order valence-electron chi connectivity index (χ4n) is 15.9. The molecule has 0 bridgehead atoms. The van der Waals surface area contributed by atoms with Crippen LogP contribution in [0.4, 0.5) is 0 Å². The minimum absolute atomic E-state index is 0.0260. The quantitative estimate of drug-likeness (QED) is 0.109. The van der Waals surface area contributed by atoms with Crippen molar-refractivity contribution in [2.24, 2.45) is 47.1 Å². The van der Waals surface area contributed by atoms with Gasteiger partial charge < -0.3 is 0 Å². The van der Waals surface area contributed by atoms with Gasteiger partial charge in [-0.3, -0.25) is 0 Å². The van der Waals surface area contributed by atoms with Gasteiger partial charge in [0.15, 0.2) is 31.0 Å². The van der Waals surface area contributed by atoms with Gasteiger partial charge in [-0.1, -0.05) is 290 Å². The lowest BCUT2D eigenvalue weighted by Gasteiger charge is -2.38. The lowest BCUT2D eigenvalue weighted by molar-refractivity contribution is -0.661. The Kier molecular flexibility index (Phi) is 27.8. The van der Waals surface area contributed by atoms with E-state index in [1.165, 1.54) is 112 Å². The maximum absolute atomic E-state index is 7.63. The zero-order chi connectivity index (χ0) is 93.2. The fraction of sp³-hybridized carbons (Fsp3) is 0.505. The Morgan fingerprint density at radius 2 is 0.526 bits per heavy atom. The standard InChI is InChI=1S/C26H40N.2C22H32N.C21H30N.C20H28N/c1-17(2)25(7,8)22-15-24(21-13-12-19(5)14-20(21)6)27(11)16-23(22)26(9,10)18(3)4;2*1-15-10-11-17(16(2)12-15)20-13-18(21(3,4)5)19(14-23(20)9)22(6,7)8;1-15-11-9-10-12-16(15)19-13-17(20(2,3)4)18(14-22(19)8)21(5,6)7;1-7-20(5,8-2)17-10-12-19(21(6)14-17)18-11-9-15(3)13-16(18)4/h12-18H,1-11H3;2*10-14H,1-9H3;9-14H,1-8H3;9-14H,7-8H2,1-6H3/q5*+1/i;1D3;;;3D3. The van der Waals surface area contributed by atoms with Gasteiger partial charge in [0, 0.05) is 94.2 Å². The predicted octanol–water partition coefficient (Wildman–Crippen LogP) is 27.4. The molecule has 0 radical (unpaired) electrons. The molecule has 0 aliphatic heterocycles. The van der Waals surface area contributed by atoms with Crippen LogP contribution in [0, 0.1) is 74.0 Å². The summed E-state index contributed by atoms with van der Waals surface area (Å²) in [5, 5.41) is 0. The van der Waals surface area contributed by atoms with Gasteiger partial charge in [-0.2, -0.15) is 0 Å². The minimum atomic E-state index is -2.07. The molecule has 0 saturated carbocycles. The number of pyridine rings is 5. The van der Waals surface area contributed by atoms with E-state index < -0.39 is 13.7 Å². The second kappa shape index (κ2) is 37.0. The zero-order valence-electron chi connectivity index (χ0n) is 86.9.